The number of hydrogen-bond donors (Lipinski definition) is 0. The van der Waals surface area contributed by atoms with Crippen LogP contribution in [0.1, 0.15) is 50.2 Å². The lowest BCUT2D eigenvalue weighted by molar-refractivity contribution is -0.118. The first-order valence-electron chi connectivity index (χ1n) is 6.21. The minimum Gasteiger partial charge on any atom is -0.381 e. The van der Waals surface area contributed by atoms with Gasteiger partial charge in [-0.15, -0.1) is 0 Å². The predicted molar refractivity (Wildman–Crippen MR) is 60.7 cm³/mol. The molecule has 1 aliphatic heterocycles. The first kappa shape index (κ1) is 12.2. The van der Waals surface area contributed by atoms with Crippen molar-refractivity contribution in [2.24, 2.45) is 0 Å². The van der Waals surface area contributed by atoms with E-state index in [2.05, 4.69) is 10.1 Å². The van der Waals surface area contributed by atoms with Gasteiger partial charge in [-0.1, -0.05) is 12.1 Å². The molecular formula is C12H18N2O3. The van der Waals surface area contributed by atoms with Gasteiger partial charge in [0.05, 0.1) is 6.42 Å². The van der Waals surface area contributed by atoms with Crippen LogP contribution in [0, 0.1) is 0 Å². The summed E-state index contributed by atoms with van der Waals surface area (Å²) in [5, 5.41) is 3.96. The molecule has 0 atom stereocenters. The van der Waals surface area contributed by atoms with E-state index in [0.29, 0.717) is 18.2 Å². The zero-order valence-electron chi connectivity index (χ0n) is 10.1. The van der Waals surface area contributed by atoms with Crippen molar-refractivity contribution in [2.45, 2.75) is 44.9 Å². The molecule has 0 aliphatic carbocycles. The first-order valence-corrected chi connectivity index (χ1v) is 6.21. The fourth-order valence-corrected chi connectivity index (χ4v) is 2.00. The summed E-state index contributed by atoms with van der Waals surface area (Å²) in [4.78, 5) is 15.8. The molecule has 0 aromatic carbocycles. The number of ketones is 1. The maximum atomic E-state index is 11.5. The highest BCUT2D eigenvalue weighted by atomic mass is 16.5. The van der Waals surface area contributed by atoms with Crippen LogP contribution in [0.15, 0.2) is 4.52 Å². The molecule has 1 aromatic rings. The van der Waals surface area contributed by atoms with Gasteiger partial charge in [0.15, 0.2) is 5.82 Å². The maximum absolute atomic E-state index is 11.5. The molecule has 0 unspecified atom stereocenters. The van der Waals surface area contributed by atoms with Crippen molar-refractivity contribution in [1.29, 1.82) is 0 Å². The van der Waals surface area contributed by atoms with Crippen LogP contribution >= 0.6 is 0 Å². The zero-order chi connectivity index (χ0) is 12.1. The molecular weight excluding hydrogens is 220 g/mol. The van der Waals surface area contributed by atoms with E-state index in [4.69, 9.17) is 9.26 Å². The Kier molecular flexibility index (Phi) is 4.25. The predicted octanol–water partition coefficient (Wildman–Crippen LogP) is 1.88. The molecule has 0 N–H and O–H groups in total. The van der Waals surface area contributed by atoms with Crippen molar-refractivity contribution in [2.75, 3.05) is 13.2 Å². The van der Waals surface area contributed by atoms with Crippen LogP contribution in [0.25, 0.3) is 0 Å². The summed E-state index contributed by atoms with van der Waals surface area (Å²) in [6.45, 7) is 3.49. The number of ether oxygens (including phenoxy) is 1. The lowest BCUT2D eigenvalue weighted by atomic mass is 10.00. The number of carbonyl (C=O) groups is 1. The summed E-state index contributed by atoms with van der Waals surface area (Å²) >= 11 is 0. The second-order valence-electron chi connectivity index (χ2n) is 4.40. The lowest BCUT2D eigenvalue weighted by Crippen LogP contribution is -2.15. The van der Waals surface area contributed by atoms with Gasteiger partial charge in [0, 0.05) is 25.6 Å². The minimum atomic E-state index is 0.162. The average molecular weight is 238 g/mol. The van der Waals surface area contributed by atoms with Gasteiger partial charge in [-0.3, -0.25) is 4.79 Å². The average Bonchev–Trinajstić information content (AvgIpc) is 2.79. The smallest absolute Gasteiger partial charge is 0.234 e. The Morgan fingerprint density at radius 2 is 2.18 bits per heavy atom. The third kappa shape index (κ3) is 3.36. The Balaban J connectivity index is 1.93. The normalized spacial score (nSPS) is 17.2. The molecule has 1 saturated heterocycles. The molecule has 0 saturated carbocycles. The number of Topliss-reactive ketones (excluding diaryl/α,β-unsaturated/α-hetero) is 1. The van der Waals surface area contributed by atoms with Gasteiger partial charge in [0.2, 0.25) is 5.89 Å². The first-order chi connectivity index (χ1) is 8.29. The zero-order valence-corrected chi connectivity index (χ0v) is 10.1. The van der Waals surface area contributed by atoms with Gasteiger partial charge in [0.25, 0.3) is 0 Å². The summed E-state index contributed by atoms with van der Waals surface area (Å²) in [7, 11) is 0. The third-order valence-electron chi connectivity index (χ3n) is 2.95. The summed E-state index contributed by atoms with van der Waals surface area (Å²) in [6, 6.07) is 0. The van der Waals surface area contributed by atoms with E-state index in [1.54, 1.807) is 0 Å². The van der Waals surface area contributed by atoms with E-state index in [1.165, 1.54) is 0 Å². The van der Waals surface area contributed by atoms with E-state index in [0.717, 1.165) is 38.3 Å². The largest absolute Gasteiger partial charge is 0.381 e. The number of rotatable bonds is 5. The Morgan fingerprint density at radius 1 is 1.41 bits per heavy atom. The van der Waals surface area contributed by atoms with Crippen molar-refractivity contribution in [1.82, 2.24) is 10.1 Å². The summed E-state index contributed by atoms with van der Waals surface area (Å²) < 4.78 is 10.4. The van der Waals surface area contributed by atoms with Gasteiger partial charge in [-0.2, -0.15) is 4.98 Å². The molecule has 0 spiro atoms. The van der Waals surface area contributed by atoms with Crippen LogP contribution in [0.3, 0.4) is 0 Å². The minimum absolute atomic E-state index is 0.162. The topological polar surface area (TPSA) is 65.2 Å². The van der Waals surface area contributed by atoms with Crippen LogP contribution in [0.2, 0.25) is 0 Å². The molecule has 0 bridgehead atoms. The molecule has 1 fully saturated rings. The molecule has 1 aromatic heterocycles. The van der Waals surface area contributed by atoms with E-state index in [1.807, 2.05) is 6.92 Å². The van der Waals surface area contributed by atoms with Crippen LogP contribution in [-0.4, -0.2) is 29.1 Å². The van der Waals surface area contributed by atoms with Gasteiger partial charge in [-0.25, -0.2) is 0 Å². The van der Waals surface area contributed by atoms with E-state index in [-0.39, 0.29) is 12.2 Å². The van der Waals surface area contributed by atoms with E-state index >= 15 is 0 Å². The van der Waals surface area contributed by atoms with Gasteiger partial charge < -0.3 is 9.26 Å². The van der Waals surface area contributed by atoms with Gasteiger partial charge in [0.1, 0.15) is 5.78 Å². The van der Waals surface area contributed by atoms with Crippen molar-refractivity contribution in [3.05, 3.63) is 11.7 Å². The Labute approximate surface area is 101 Å². The highest BCUT2D eigenvalue weighted by Crippen LogP contribution is 2.24. The Morgan fingerprint density at radius 3 is 2.88 bits per heavy atom. The second-order valence-corrected chi connectivity index (χ2v) is 4.40. The van der Waals surface area contributed by atoms with Crippen molar-refractivity contribution >= 4 is 5.78 Å². The van der Waals surface area contributed by atoms with E-state index < -0.39 is 0 Å². The molecule has 17 heavy (non-hydrogen) atoms. The van der Waals surface area contributed by atoms with Crippen molar-refractivity contribution in [3.63, 3.8) is 0 Å². The number of hydrogen-bond acceptors (Lipinski definition) is 5. The number of carbonyl (C=O) groups excluding carboxylic acids is 1. The molecule has 2 heterocycles. The molecule has 0 radical (unpaired) electrons. The standard InChI is InChI=1S/C12H18N2O3/c1-2-3-10(15)8-11-13-12(14-17-11)9-4-6-16-7-5-9/h9H,2-8H2,1H3. The van der Waals surface area contributed by atoms with Crippen LogP contribution < -0.4 is 0 Å². The molecule has 0 amide bonds. The Bertz CT molecular complexity index is 370. The SMILES string of the molecule is CCCC(=O)Cc1nc(C2CCOCC2)no1. The number of aromatic nitrogens is 2. The summed E-state index contributed by atoms with van der Waals surface area (Å²) in [5.41, 5.74) is 0. The Hall–Kier alpha value is -1.23. The molecule has 5 heteroatoms. The summed E-state index contributed by atoms with van der Waals surface area (Å²) in [5.74, 6) is 1.66. The van der Waals surface area contributed by atoms with Crippen molar-refractivity contribution in [3.8, 4) is 0 Å². The second kappa shape index (κ2) is 5.91. The van der Waals surface area contributed by atoms with Gasteiger partial charge in [-0.05, 0) is 19.3 Å². The molecule has 5 nitrogen and oxygen atoms in total. The maximum Gasteiger partial charge on any atom is 0.234 e. The van der Waals surface area contributed by atoms with Crippen molar-refractivity contribution < 1.29 is 14.1 Å². The molecule has 2 rings (SSSR count). The third-order valence-corrected chi connectivity index (χ3v) is 2.95. The van der Waals surface area contributed by atoms with Gasteiger partial charge >= 0.3 is 0 Å². The summed E-state index contributed by atoms with van der Waals surface area (Å²) in [6.07, 6.45) is 3.57. The van der Waals surface area contributed by atoms with Crippen LogP contribution in [0.5, 0.6) is 0 Å². The fourth-order valence-electron chi connectivity index (χ4n) is 2.00. The molecule has 94 valence electrons. The fraction of sp³-hybridized carbons (Fsp3) is 0.750. The highest BCUT2D eigenvalue weighted by Gasteiger charge is 2.21. The molecule has 1 aliphatic rings. The highest BCUT2D eigenvalue weighted by molar-refractivity contribution is 5.79. The van der Waals surface area contributed by atoms with E-state index in [9.17, 15) is 4.79 Å². The van der Waals surface area contributed by atoms with Crippen LogP contribution in [-0.2, 0) is 16.0 Å². The lowest BCUT2D eigenvalue weighted by Gasteiger charge is -2.18. The monoisotopic (exact) mass is 238 g/mol. The number of nitrogens with zero attached hydrogens (tertiary/aromatic N) is 2. The quantitative estimate of drug-likeness (QED) is 0.783. The van der Waals surface area contributed by atoms with Crippen LogP contribution in [0.4, 0.5) is 0 Å².